The molecule has 112 valence electrons. The molecular weight excluding hydrogens is 352 g/mol. The fraction of sp³-hybridized carbons (Fsp3) is 0.200. The van der Waals surface area contributed by atoms with Crippen molar-refractivity contribution in [3.8, 4) is 0 Å². The third-order valence-electron chi connectivity index (χ3n) is 3.03. The van der Waals surface area contributed by atoms with E-state index < -0.39 is 29.4 Å². The monoisotopic (exact) mass is 362 g/mol. The molecule has 0 saturated heterocycles. The van der Waals surface area contributed by atoms with E-state index in [0.29, 0.717) is 5.56 Å². The van der Waals surface area contributed by atoms with Crippen LogP contribution in [0.4, 0.5) is 17.6 Å². The van der Waals surface area contributed by atoms with Crippen LogP contribution >= 0.6 is 15.9 Å². The summed E-state index contributed by atoms with van der Waals surface area (Å²) < 4.78 is 53.3. The first kappa shape index (κ1) is 16.0. The smallest absolute Gasteiger partial charge is 0.159 e. The number of aliphatic hydroxyl groups excluding tert-OH is 1. The molecular formula is C15H11BrF4O. The standard InChI is InChI=1S/C15H11BrF4O/c16-11-2-4-12(17)10(15(11)20)7-9(21)5-8-1-3-13(18)14(19)6-8/h1-4,6,9,21H,5,7H2. The first-order valence-corrected chi connectivity index (χ1v) is 6.92. The van der Waals surface area contributed by atoms with Crippen LogP contribution < -0.4 is 0 Å². The number of rotatable bonds is 4. The van der Waals surface area contributed by atoms with Gasteiger partial charge in [-0.25, -0.2) is 17.6 Å². The molecule has 21 heavy (non-hydrogen) atoms. The minimum absolute atomic E-state index is 0.0391. The van der Waals surface area contributed by atoms with Crippen molar-refractivity contribution in [1.82, 2.24) is 0 Å². The van der Waals surface area contributed by atoms with Gasteiger partial charge in [0.05, 0.1) is 10.6 Å². The highest BCUT2D eigenvalue weighted by Gasteiger charge is 2.17. The molecule has 6 heteroatoms. The molecule has 1 atom stereocenters. The van der Waals surface area contributed by atoms with E-state index in [-0.39, 0.29) is 22.9 Å². The zero-order valence-electron chi connectivity index (χ0n) is 10.7. The molecule has 0 radical (unpaired) electrons. The quantitative estimate of drug-likeness (QED) is 0.639. The van der Waals surface area contributed by atoms with Crippen molar-refractivity contribution in [3.63, 3.8) is 0 Å². The highest BCUT2D eigenvalue weighted by Crippen LogP contribution is 2.23. The Morgan fingerprint density at radius 1 is 0.905 bits per heavy atom. The predicted molar refractivity (Wildman–Crippen MR) is 73.8 cm³/mol. The van der Waals surface area contributed by atoms with Crippen LogP contribution in [0.1, 0.15) is 11.1 Å². The third kappa shape index (κ3) is 3.83. The normalized spacial score (nSPS) is 12.5. The number of benzene rings is 2. The summed E-state index contributed by atoms with van der Waals surface area (Å²) in [6, 6.07) is 5.53. The van der Waals surface area contributed by atoms with E-state index in [2.05, 4.69) is 15.9 Å². The number of halogens is 5. The van der Waals surface area contributed by atoms with Gasteiger partial charge in [0.25, 0.3) is 0 Å². The highest BCUT2D eigenvalue weighted by atomic mass is 79.9. The molecule has 1 nitrogen and oxygen atoms in total. The second-order valence-electron chi connectivity index (χ2n) is 4.63. The van der Waals surface area contributed by atoms with Crippen LogP contribution in [0.25, 0.3) is 0 Å². The number of aliphatic hydroxyl groups is 1. The lowest BCUT2D eigenvalue weighted by Gasteiger charge is -2.13. The molecule has 2 rings (SSSR count). The Kier molecular flexibility index (Phi) is 5.00. The average molecular weight is 363 g/mol. The second kappa shape index (κ2) is 6.58. The molecule has 2 aromatic rings. The van der Waals surface area contributed by atoms with Gasteiger partial charge in [0.2, 0.25) is 0 Å². The van der Waals surface area contributed by atoms with Gasteiger partial charge >= 0.3 is 0 Å². The average Bonchev–Trinajstić information content (AvgIpc) is 2.43. The van der Waals surface area contributed by atoms with Crippen LogP contribution in [0, 0.1) is 23.3 Å². The van der Waals surface area contributed by atoms with Crippen LogP contribution in [0.5, 0.6) is 0 Å². The third-order valence-corrected chi connectivity index (χ3v) is 3.65. The van der Waals surface area contributed by atoms with E-state index in [9.17, 15) is 22.7 Å². The maximum Gasteiger partial charge on any atom is 0.159 e. The molecule has 0 aliphatic heterocycles. The van der Waals surface area contributed by atoms with Crippen LogP contribution in [0.15, 0.2) is 34.8 Å². The fourth-order valence-electron chi connectivity index (χ4n) is 2.00. The van der Waals surface area contributed by atoms with E-state index in [1.54, 1.807) is 0 Å². The lowest BCUT2D eigenvalue weighted by molar-refractivity contribution is 0.172. The van der Waals surface area contributed by atoms with Crippen molar-refractivity contribution in [2.75, 3.05) is 0 Å². The summed E-state index contributed by atoms with van der Waals surface area (Å²) in [7, 11) is 0. The fourth-order valence-corrected chi connectivity index (χ4v) is 2.37. The van der Waals surface area contributed by atoms with Crippen molar-refractivity contribution in [1.29, 1.82) is 0 Å². The summed E-state index contributed by atoms with van der Waals surface area (Å²) in [6.45, 7) is 0. The van der Waals surface area contributed by atoms with Crippen molar-refractivity contribution >= 4 is 15.9 Å². The summed E-state index contributed by atoms with van der Waals surface area (Å²) >= 11 is 2.94. The topological polar surface area (TPSA) is 20.2 Å². The molecule has 0 fully saturated rings. The van der Waals surface area contributed by atoms with Gasteiger partial charge in [-0.3, -0.25) is 0 Å². The minimum atomic E-state index is -1.12. The molecule has 2 aromatic carbocycles. The molecule has 0 spiro atoms. The Labute approximate surface area is 127 Å². The Hall–Kier alpha value is -1.40. The van der Waals surface area contributed by atoms with Gasteiger partial charge in [0.15, 0.2) is 11.6 Å². The second-order valence-corrected chi connectivity index (χ2v) is 5.49. The predicted octanol–water partition coefficient (Wildman–Crippen LogP) is 4.15. The van der Waals surface area contributed by atoms with Crippen LogP contribution in [-0.4, -0.2) is 11.2 Å². The van der Waals surface area contributed by atoms with Crippen LogP contribution in [0.3, 0.4) is 0 Å². The summed E-state index contributed by atoms with van der Waals surface area (Å²) in [5.74, 6) is -3.56. The highest BCUT2D eigenvalue weighted by molar-refractivity contribution is 9.10. The van der Waals surface area contributed by atoms with Gasteiger partial charge in [-0.1, -0.05) is 6.07 Å². The van der Waals surface area contributed by atoms with Gasteiger partial charge in [-0.2, -0.15) is 0 Å². The molecule has 0 heterocycles. The molecule has 0 amide bonds. The van der Waals surface area contributed by atoms with Crippen molar-refractivity contribution < 1.29 is 22.7 Å². The molecule has 0 saturated carbocycles. The summed E-state index contributed by atoms with van der Waals surface area (Å²) in [6.07, 6.45) is -1.42. The van der Waals surface area contributed by atoms with E-state index in [0.717, 1.165) is 18.2 Å². The molecule has 0 aliphatic rings. The lowest BCUT2D eigenvalue weighted by atomic mass is 10.0. The summed E-state index contributed by atoms with van der Waals surface area (Å²) in [5, 5.41) is 9.89. The van der Waals surface area contributed by atoms with Gasteiger partial charge < -0.3 is 5.11 Å². The molecule has 1 N–H and O–H groups in total. The van der Waals surface area contributed by atoms with Gasteiger partial charge in [-0.05, 0) is 52.2 Å². The van der Waals surface area contributed by atoms with Crippen LogP contribution in [0.2, 0.25) is 0 Å². The van der Waals surface area contributed by atoms with Crippen molar-refractivity contribution in [2.45, 2.75) is 18.9 Å². The molecule has 0 bridgehead atoms. The summed E-state index contributed by atoms with van der Waals surface area (Å²) in [4.78, 5) is 0. The largest absolute Gasteiger partial charge is 0.392 e. The summed E-state index contributed by atoms with van der Waals surface area (Å²) in [5.41, 5.74) is 0.0941. The number of hydrogen-bond acceptors (Lipinski definition) is 1. The van der Waals surface area contributed by atoms with Gasteiger partial charge in [0, 0.05) is 12.0 Å². The van der Waals surface area contributed by atoms with Crippen LogP contribution in [-0.2, 0) is 12.8 Å². The Morgan fingerprint density at radius 3 is 2.24 bits per heavy atom. The Bertz CT molecular complexity index is 660. The van der Waals surface area contributed by atoms with E-state index in [4.69, 9.17) is 0 Å². The molecule has 0 aliphatic carbocycles. The van der Waals surface area contributed by atoms with Gasteiger partial charge in [-0.15, -0.1) is 0 Å². The zero-order chi connectivity index (χ0) is 15.6. The maximum atomic E-state index is 13.8. The molecule has 1 unspecified atom stereocenters. The van der Waals surface area contributed by atoms with Crippen molar-refractivity contribution in [2.24, 2.45) is 0 Å². The SMILES string of the molecule is OC(Cc1ccc(F)c(F)c1)Cc1c(F)ccc(Br)c1F. The molecule has 0 aromatic heterocycles. The Morgan fingerprint density at radius 2 is 1.57 bits per heavy atom. The Balaban J connectivity index is 2.13. The lowest BCUT2D eigenvalue weighted by Crippen LogP contribution is -2.16. The van der Waals surface area contributed by atoms with E-state index >= 15 is 0 Å². The van der Waals surface area contributed by atoms with E-state index in [1.807, 2.05) is 0 Å². The first-order valence-electron chi connectivity index (χ1n) is 6.13. The number of hydrogen-bond donors (Lipinski definition) is 1. The minimum Gasteiger partial charge on any atom is -0.392 e. The first-order chi connectivity index (χ1) is 9.88. The maximum absolute atomic E-state index is 13.8. The zero-order valence-corrected chi connectivity index (χ0v) is 12.3. The van der Waals surface area contributed by atoms with E-state index in [1.165, 1.54) is 12.1 Å². The van der Waals surface area contributed by atoms with Crippen molar-refractivity contribution in [3.05, 3.63) is 69.2 Å². The van der Waals surface area contributed by atoms with Gasteiger partial charge in [0.1, 0.15) is 11.6 Å².